The topological polar surface area (TPSA) is 45.3 Å². The molecule has 0 saturated heterocycles. The van der Waals surface area contributed by atoms with Crippen LogP contribution >= 0.6 is 0 Å². The maximum Gasteiger partial charge on any atom is 0.152 e. The second-order valence-electron chi connectivity index (χ2n) is 6.28. The average molecular weight is 348 g/mol. The summed E-state index contributed by atoms with van der Waals surface area (Å²) in [6.07, 6.45) is 6.46. The molecule has 1 aromatic heterocycles. The van der Waals surface area contributed by atoms with Crippen LogP contribution in [0.1, 0.15) is 18.9 Å². The fourth-order valence-corrected chi connectivity index (χ4v) is 3.04. The SMILES string of the molecule is COc1ccc(N(CC/C=C/C(C)=O)Cc2c[nH]c3ccccc23)cc1. The quantitative estimate of drug-likeness (QED) is 0.599. The van der Waals surface area contributed by atoms with Gasteiger partial charge in [0.15, 0.2) is 5.78 Å². The van der Waals surface area contributed by atoms with Gasteiger partial charge in [0.2, 0.25) is 0 Å². The van der Waals surface area contributed by atoms with E-state index in [-0.39, 0.29) is 5.78 Å². The number of H-pyrrole nitrogens is 1. The van der Waals surface area contributed by atoms with Crippen molar-refractivity contribution in [2.24, 2.45) is 0 Å². The predicted molar refractivity (Wildman–Crippen MR) is 107 cm³/mol. The number of methoxy groups -OCH3 is 1. The van der Waals surface area contributed by atoms with Crippen molar-refractivity contribution in [3.63, 3.8) is 0 Å². The summed E-state index contributed by atoms with van der Waals surface area (Å²) in [5, 5.41) is 1.24. The summed E-state index contributed by atoms with van der Waals surface area (Å²) in [6.45, 7) is 3.20. The number of hydrogen-bond donors (Lipinski definition) is 1. The highest BCUT2D eigenvalue weighted by Gasteiger charge is 2.10. The Morgan fingerprint density at radius 2 is 1.92 bits per heavy atom. The summed E-state index contributed by atoms with van der Waals surface area (Å²) in [4.78, 5) is 16.8. The minimum Gasteiger partial charge on any atom is -0.497 e. The van der Waals surface area contributed by atoms with E-state index in [4.69, 9.17) is 4.74 Å². The van der Waals surface area contributed by atoms with Gasteiger partial charge >= 0.3 is 0 Å². The van der Waals surface area contributed by atoms with Crippen molar-refractivity contribution < 1.29 is 9.53 Å². The number of carbonyl (C=O) groups is 1. The summed E-state index contributed by atoms with van der Waals surface area (Å²) in [5.74, 6) is 0.926. The van der Waals surface area contributed by atoms with Crippen LogP contribution in [0, 0.1) is 0 Å². The van der Waals surface area contributed by atoms with Gasteiger partial charge in [0.25, 0.3) is 0 Å². The van der Waals surface area contributed by atoms with Crippen molar-refractivity contribution in [1.29, 1.82) is 0 Å². The third-order valence-corrected chi connectivity index (χ3v) is 4.39. The minimum atomic E-state index is 0.0811. The largest absolute Gasteiger partial charge is 0.497 e. The third-order valence-electron chi connectivity index (χ3n) is 4.39. The van der Waals surface area contributed by atoms with Crippen LogP contribution in [-0.2, 0) is 11.3 Å². The number of fused-ring (bicyclic) bond motifs is 1. The molecule has 0 unspecified atom stereocenters. The molecule has 0 aliphatic heterocycles. The molecule has 4 heteroatoms. The Bertz CT molecular complexity index is 894. The molecule has 4 nitrogen and oxygen atoms in total. The first-order chi connectivity index (χ1) is 12.7. The zero-order valence-corrected chi connectivity index (χ0v) is 15.2. The van der Waals surface area contributed by atoms with Crippen molar-refractivity contribution in [3.8, 4) is 5.75 Å². The molecule has 0 saturated carbocycles. The van der Waals surface area contributed by atoms with Crippen LogP contribution < -0.4 is 9.64 Å². The number of allylic oxidation sites excluding steroid dienone is 1. The van der Waals surface area contributed by atoms with Crippen LogP contribution in [-0.4, -0.2) is 24.4 Å². The second-order valence-corrected chi connectivity index (χ2v) is 6.28. The number of carbonyl (C=O) groups excluding carboxylic acids is 1. The number of nitrogens with zero attached hydrogens (tertiary/aromatic N) is 1. The lowest BCUT2D eigenvalue weighted by atomic mass is 10.1. The van der Waals surface area contributed by atoms with E-state index >= 15 is 0 Å². The van der Waals surface area contributed by atoms with Gasteiger partial charge < -0.3 is 14.6 Å². The highest BCUT2D eigenvalue weighted by molar-refractivity contribution is 5.87. The first-order valence-electron chi connectivity index (χ1n) is 8.78. The number of aromatic amines is 1. The first kappa shape index (κ1) is 17.8. The van der Waals surface area contributed by atoms with E-state index in [0.29, 0.717) is 0 Å². The van der Waals surface area contributed by atoms with E-state index < -0.39 is 0 Å². The van der Waals surface area contributed by atoms with Crippen molar-refractivity contribution >= 4 is 22.4 Å². The number of anilines is 1. The number of ketones is 1. The van der Waals surface area contributed by atoms with E-state index in [9.17, 15) is 4.79 Å². The normalized spacial score (nSPS) is 11.2. The van der Waals surface area contributed by atoms with Gasteiger partial charge in [-0.05, 0) is 55.3 Å². The van der Waals surface area contributed by atoms with Gasteiger partial charge in [-0.3, -0.25) is 4.79 Å². The minimum absolute atomic E-state index is 0.0811. The van der Waals surface area contributed by atoms with E-state index in [2.05, 4.69) is 46.4 Å². The van der Waals surface area contributed by atoms with Crippen LogP contribution in [0.25, 0.3) is 10.9 Å². The lowest BCUT2D eigenvalue weighted by molar-refractivity contribution is -0.112. The molecule has 0 bridgehead atoms. The molecule has 0 amide bonds. The Kier molecular flexibility index (Phi) is 5.74. The summed E-state index contributed by atoms with van der Waals surface area (Å²) in [6, 6.07) is 16.4. The molecule has 0 radical (unpaired) electrons. The van der Waals surface area contributed by atoms with Gasteiger partial charge in [-0.2, -0.15) is 0 Å². The Hall–Kier alpha value is -3.01. The molecule has 26 heavy (non-hydrogen) atoms. The van der Waals surface area contributed by atoms with Crippen LogP contribution in [0.5, 0.6) is 5.75 Å². The molecule has 0 aliphatic carbocycles. The maximum absolute atomic E-state index is 11.1. The van der Waals surface area contributed by atoms with E-state index in [1.165, 1.54) is 10.9 Å². The number of benzene rings is 2. The van der Waals surface area contributed by atoms with Gasteiger partial charge in [-0.15, -0.1) is 0 Å². The molecule has 1 N–H and O–H groups in total. The molecule has 3 aromatic rings. The number of aromatic nitrogens is 1. The van der Waals surface area contributed by atoms with Crippen LogP contribution in [0.3, 0.4) is 0 Å². The summed E-state index contributed by atoms with van der Waals surface area (Å²) < 4.78 is 5.27. The van der Waals surface area contributed by atoms with Gasteiger partial charge in [-0.25, -0.2) is 0 Å². The van der Waals surface area contributed by atoms with Crippen LogP contribution in [0.2, 0.25) is 0 Å². The summed E-state index contributed by atoms with van der Waals surface area (Å²) in [7, 11) is 1.67. The number of rotatable bonds is 8. The molecule has 0 aliphatic rings. The van der Waals surface area contributed by atoms with Gasteiger partial charge in [0.05, 0.1) is 7.11 Å². The van der Waals surface area contributed by atoms with Crippen molar-refractivity contribution in [1.82, 2.24) is 4.98 Å². The smallest absolute Gasteiger partial charge is 0.152 e. The molecule has 134 valence electrons. The van der Waals surface area contributed by atoms with Crippen molar-refractivity contribution in [3.05, 3.63) is 72.4 Å². The fraction of sp³-hybridized carbons (Fsp3) is 0.227. The molecule has 0 fully saturated rings. The van der Waals surface area contributed by atoms with Gasteiger partial charge in [-0.1, -0.05) is 24.3 Å². The number of ether oxygens (including phenoxy) is 1. The molecule has 3 rings (SSSR count). The lowest BCUT2D eigenvalue weighted by Gasteiger charge is -2.24. The van der Waals surface area contributed by atoms with Crippen molar-refractivity contribution in [2.45, 2.75) is 19.9 Å². The summed E-state index contributed by atoms with van der Waals surface area (Å²) in [5.41, 5.74) is 3.54. The highest BCUT2D eigenvalue weighted by Crippen LogP contribution is 2.25. The standard InChI is InChI=1S/C22H24N2O2/c1-17(25)7-5-6-14-24(19-10-12-20(26-2)13-11-19)16-18-15-23-22-9-4-3-8-21(18)22/h3-5,7-13,15,23H,6,14,16H2,1-2H3/b7-5+. The first-order valence-corrected chi connectivity index (χ1v) is 8.78. The molecule has 0 atom stereocenters. The molecule has 1 heterocycles. The maximum atomic E-state index is 11.1. The monoisotopic (exact) mass is 348 g/mol. The molecular weight excluding hydrogens is 324 g/mol. The molecule has 2 aromatic carbocycles. The van der Waals surface area contributed by atoms with E-state index in [1.807, 2.05) is 24.3 Å². The fourth-order valence-electron chi connectivity index (χ4n) is 3.04. The average Bonchev–Trinajstić information content (AvgIpc) is 3.07. The van der Waals surface area contributed by atoms with Gasteiger partial charge in [0.1, 0.15) is 5.75 Å². The molecule has 0 spiro atoms. The number of para-hydroxylation sites is 1. The zero-order chi connectivity index (χ0) is 18.4. The van der Waals surface area contributed by atoms with Crippen LogP contribution in [0.4, 0.5) is 5.69 Å². The molecular formula is C22H24N2O2. The lowest BCUT2D eigenvalue weighted by Crippen LogP contribution is -2.23. The zero-order valence-electron chi connectivity index (χ0n) is 15.2. The second kappa shape index (κ2) is 8.39. The van der Waals surface area contributed by atoms with E-state index in [1.54, 1.807) is 20.1 Å². The van der Waals surface area contributed by atoms with Gasteiger partial charge in [0, 0.05) is 35.9 Å². The third kappa shape index (κ3) is 4.33. The number of nitrogens with one attached hydrogen (secondary N) is 1. The summed E-state index contributed by atoms with van der Waals surface area (Å²) >= 11 is 0. The van der Waals surface area contributed by atoms with Crippen LogP contribution in [0.15, 0.2) is 66.9 Å². The van der Waals surface area contributed by atoms with E-state index in [0.717, 1.165) is 36.5 Å². The van der Waals surface area contributed by atoms with Crippen molar-refractivity contribution in [2.75, 3.05) is 18.6 Å². The highest BCUT2D eigenvalue weighted by atomic mass is 16.5. The Morgan fingerprint density at radius 3 is 2.65 bits per heavy atom. The Labute approximate surface area is 154 Å². The Balaban J connectivity index is 1.82. The number of hydrogen-bond acceptors (Lipinski definition) is 3. The Morgan fingerprint density at radius 1 is 1.15 bits per heavy atom. The predicted octanol–water partition coefficient (Wildman–Crippen LogP) is 4.72.